The predicted molar refractivity (Wildman–Crippen MR) is 71.1 cm³/mol. The first-order chi connectivity index (χ1) is 6.77. The average Bonchev–Trinajstić information content (AvgIpc) is 2.01. The van der Waals surface area contributed by atoms with Gasteiger partial charge in [-0.2, -0.15) is 0 Å². The number of rotatable bonds is 6. The van der Waals surface area contributed by atoms with Crippen LogP contribution in [0.25, 0.3) is 0 Å². The third kappa shape index (κ3) is 5.72. The van der Waals surface area contributed by atoms with Gasteiger partial charge in [0.2, 0.25) is 0 Å². The Hall–Kier alpha value is 0.957. The molecule has 0 N–H and O–H groups in total. The van der Waals surface area contributed by atoms with Crippen molar-refractivity contribution in [2.75, 3.05) is 56.4 Å². The molecule has 0 unspecified atom stereocenters. The summed E-state index contributed by atoms with van der Waals surface area (Å²) in [5.74, 6) is 0. The minimum absolute atomic E-state index is 0.974. The van der Waals surface area contributed by atoms with Crippen LogP contribution in [0.15, 0.2) is 0 Å². The summed E-state index contributed by atoms with van der Waals surface area (Å²) in [6.07, 6.45) is 0. The molecule has 0 heterocycles. The van der Waals surface area contributed by atoms with Crippen LogP contribution in [0.2, 0.25) is 4.00 Å². The van der Waals surface area contributed by atoms with Crippen molar-refractivity contribution in [2.45, 2.75) is 4.00 Å². The fourth-order valence-corrected chi connectivity index (χ4v) is 20.4. The van der Waals surface area contributed by atoms with Crippen molar-refractivity contribution >= 4 is 30.2 Å². The van der Waals surface area contributed by atoms with E-state index in [1.807, 2.05) is 0 Å². The van der Waals surface area contributed by atoms with Crippen LogP contribution >= 0.6 is 0 Å². The van der Waals surface area contributed by atoms with E-state index in [0.29, 0.717) is 0 Å². The van der Waals surface area contributed by atoms with Crippen LogP contribution in [0.4, 0.5) is 0 Å². The Balaban J connectivity index is 4.48. The summed E-state index contributed by atoms with van der Waals surface area (Å²) < 4.78 is 11.2. The molecule has 0 radical (unpaired) electrons. The Morgan fingerprint density at radius 3 is 0.867 bits per heavy atom. The predicted octanol–water partition coefficient (Wildman–Crippen LogP) is -0.252. The first-order valence-electron chi connectivity index (χ1n) is 5.01. The molecule has 0 aromatic carbocycles. The Labute approximate surface area is 106 Å². The summed E-state index contributed by atoms with van der Waals surface area (Å²) in [5, 5.41) is 0. The summed E-state index contributed by atoms with van der Waals surface area (Å²) in [7, 11) is 17.8. The van der Waals surface area contributed by atoms with Gasteiger partial charge in [-0.3, -0.25) is 0 Å². The molecular weight excluding hydrogens is 314 g/mol. The third-order valence-electron chi connectivity index (χ3n) is 2.10. The quantitative estimate of drug-likeness (QED) is 0.618. The Morgan fingerprint density at radius 2 is 0.733 bits per heavy atom. The molecule has 92 valence electrons. The molecule has 0 spiro atoms. The molecule has 0 rings (SSSR count). The van der Waals surface area contributed by atoms with E-state index in [-0.39, 0.29) is 0 Å². The van der Waals surface area contributed by atoms with Crippen LogP contribution in [0, 0.1) is 0 Å². The van der Waals surface area contributed by atoms with E-state index in [9.17, 15) is 0 Å². The van der Waals surface area contributed by atoms with Crippen molar-refractivity contribution in [3.63, 3.8) is 0 Å². The first kappa shape index (κ1) is 16.0. The zero-order valence-corrected chi connectivity index (χ0v) is 15.1. The van der Waals surface area contributed by atoms with Gasteiger partial charge >= 0.3 is 106 Å². The van der Waals surface area contributed by atoms with Gasteiger partial charge in [-0.15, -0.1) is 0 Å². The third-order valence-corrected chi connectivity index (χ3v) is 16.4. The standard InChI is InChI=1S/C9H26As2N4/c1-12(2)10(13(3)4)9-11(14(5)6)15(7)8/h9H2,1-8H3. The van der Waals surface area contributed by atoms with Crippen LogP contribution in [0.1, 0.15) is 0 Å². The van der Waals surface area contributed by atoms with Gasteiger partial charge in [-0.25, -0.2) is 0 Å². The van der Waals surface area contributed by atoms with Crippen LogP contribution in [-0.4, -0.2) is 102 Å². The van der Waals surface area contributed by atoms with Gasteiger partial charge in [0.25, 0.3) is 0 Å². The molecule has 0 amide bonds. The Morgan fingerprint density at radius 1 is 0.533 bits per heavy atom. The summed E-state index contributed by atoms with van der Waals surface area (Å²) in [4.78, 5) is 0. The number of hydrogen-bond acceptors (Lipinski definition) is 4. The van der Waals surface area contributed by atoms with Gasteiger partial charge in [0.05, 0.1) is 0 Å². The SMILES string of the molecule is CN(C)[As](C[As](N(C)C)N(C)C)N(C)C. The molecular formula is C9H26As2N4. The van der Waals surface area contributed by atoms with Gasteiger partial charge in [0.1, 0.15) is 0 Å². The van der Waals surface area contributed by atoms with E-state index in [2.05, 4.69) is 71.6 Å². The number of hydrogen-bond donors (Lipinski definition) is 0. The molecule has 0 fully saturated rings. The van der Waals surface area contributed by atoms with Crippen LogP contribution < -0.4 is 0 Å². The van der Waals surface area contributed by atoms with Crippen LogP contribution in [-0.2, 0) is 0 Å². The monoisotopic (exact) mass is 340 g/mol. The molecule has 0 aliphatic rings. The van der Waals surface area contributed by atoms with Crippen molar-refractivity contribution in [1.29, 1.82) is 0 Å². The molecule has 6 heteroatoms. The van der Waals surface area contributed by atoms with Crippen molar-refractivity contribution < 1.29 is 0 Å². The van der Waals surface area contributed by atoms with Crippen molar-refractivity contribution in [3.8, 4) is 0 Å². The number of nitrogens with zero attached hydrogens (tertiary/aromatic N) is 4. The maximum atomic E-state index is 2.45. The topological polar surface area (TPSA) is 13.0 Å². The zero-order valence-electron chi connectivity index (χ0n) is 11.4. The molecule has 0 saturated carbocycles. The van der Waals surface area contributed by atoms with E-state index in [4.69, 9.17) is 0 Å². The molecule has 0 aliphatic heterocycles. The first-order valence-corrected chi connectivity index (χ1v) is 11.0. The van der Waals surface area contributed by atoms with E-state index >= 15 is 0 Å². The molecule has 15 heavy (non-hydrogen) atoms. The Bertz CT molecular complexity index is 139. The minimum atomic E-state index is -0.974. The fraction of sp³-hybridized carbons (Fsp3) is 1.00. The molecule has 0 aromatic heterocycles. The second-order valence-electron chi connectivity index (χ2n) is 4.27. The van der Waals surface area contributed by atoms with E-state index in [0.717, 1.165) is 0 Å². The van der Waals surface area contributed by atoms with Crippen LogP contribution in [0.5, 0.6) is 0 Å². The van der Waals surface area contributed by atoms with Gasteiger partial charge < -0.3 is 0 Å². The molecule has 0 aliphatic carbocycles. The molecule has 0 atom stereocenters. The van der Waals surface area contributed by atoms with Crippen LogP contribution in [0.3, 0.4) is 0 Å². The maximum absolute atomic E-state index is 2.45. The molecule has 0 saturated heterocycles. The van der Waals surface area contributed by atoms with Gasteiger partial charge in [-0.1, -0.05) is 0 Å². The van der Waals surface area contributed by atoms with Gasteiger partial charge in [0.15, 0.2) is 0 Å². The van der Waals surface area contributed by atoms with E-state index < -0.39 is 30.2 Å². The second-order valence-corrected chi connectivity index (χ2v) is 17.8. The second kappa shape index (κ2) is 7.32. The van der Waals surface area contributed by atoms with Gasteiger partial charge in [-0.05, 0) is 0 Å². The summed E-state index contributed by atoms with van der Waals surface area (Å²) in [6, 6.07) is 0. The molecule has 4 nitrogen and oxygen atoms in total. The summed E-state index contributed by atoms with van der Waals surface area (Å²) in [6.45, 7) is 0. The normalized spacial score (nSPS) is 13.2. The van der Waals surface area contributed by atoms with E-state index in [1.165, 1.54) is 4.00 Å². The van der Waals surface area contributed by atoms with Crippen molar-refractivity contribution in [2.24, 2.45) is 0 Å². The summed E-state index contributed by atoms with van der Waals surface area (Å²) in [5.41, 5.74) is 0. The van der Waals surface area contributed by atoms with Gasteiger partial charge in [0, 0.05) is 0 Å². The molecule has 0 aromatic rings. The molecule has 0 bridgehead atoms. The van der Waals surface area contributed by atoms with E-state index in [1.54, 1.807) is 0 Å². The van der Waals surface area contributed by atoms with Crippen molar-refractivity contribution in [1.82, 2.24) is 15.3 Å². The van der Waals surface area contributed by atoms with Crippen molar-refractivity contribution in [3.05, 3.63) is 0 Å². The fourth-order valence-electron chi connectivity index (χ4n) is 1.33. The Kier molecular flexibility index (Phi) is 7.78. The summed E-state index contributed by atoms with van der Waals surface area (Å²) >= 11 is -1.95. The average molecular weight is 340 g/mol. The zero-order chi connectivity index (χ0) is 12.2.